The maximum atomic E-state index is 13.9. The van der Waals surface area contributed by atoms with Crippen LogP contribution in [0, 0.1) is 0 Å². The summed E-state index contributed by atoms with van der Waals surface area (Å²) in [5.74, 6) is -4.34. The molecular formula is C32H35N9O6. The molecule has 0 bridgehead atoms. The van der Waals surface area contributed by atoms with Crippen molar-refractivity contribution in [3.63, 3.8) is 0 Å². The molecule has 0 fully saturated rings. The van der Waals surface area contributed by atoms with Crippen LogP contribution in [0.4, 0.5) is 0 Å². The molecule has 2 aromatic carbocycles. The van der Waals surface area contributed by atoms with Gasteiger partial charge in [-0.05, 0) is 23.3 Å². The number of para-hydroxylation sites is 2. The molecule has 0 spiro atoms. The van der Waals surface area contributed by atoms with E-state index in [1.807, 2.05) is 48.5 Å². The number of amides is 4. The number of aromatic amines is 3. The quantitative estimate of drug-likeness (QED) is 0.0758. The molecule has 3 aromatic heterocycles. The van der Waals surface area contributed by atoms with Crippen LogP contribution in [0.25, 0.3) is 21.8 Å². The largest absolute Gasteiger partial charge is 0.480 e. The Morgan fingerprint density at radius 3 is 1.77 bits per heavy atom. The predicted molar refractivity (Wildman–Crippen MR) is 172 cm³/mol. The molecule has 0 saturated carbocycles. The number of imidazole rings is 1. The molecule has 244 valence electrons. The van der Waals surface area contributed by atoms with Crippen LogP contribution >= 0.6 is 0 Å². The zero-order valence-electron chi connectivity index (χ0n) is 25.2. The maximum absolute atomic E-state index is 13.9. The number of nitrogens with zero attached hydrogens (tertiary/aromatic N) is 1. The van der Waals surface area contributed by atoms with Crippen LogP contribution in [0.1, 0.15) is 23.2 Å². The molecule has 0 aliphatic carbocycles. The number of aliphatic carboxylic acids is 1. The van der Waals surface area contributed by atoms with Crippen molar-refractivity contribution in [2.45, 2.75) is 49.9 Å². The molecule has 0 radical (unpaired) electrons. The number of carboxylic acids is 1. The predicted octanol–water partition coefficient (Wildman–Crippen LogP) is 0.142. The summed E-state index contributed by atoms with van der Waals surface area (Å²) in [5, 5.41) is 19.6. The number of benzene rings is 2. The van der Waals surface area contributed by atoms with Gasteiger partial charge in [-0.1, -0.05) is 36.4 Å². The van der Waals surface area contributed by atoms with Crippen molar-refractivity contribution < 1.29 is 29.1 Å². The third-order valence-corrected chi connectivity index (χ3v) is 7.82. The average molecular weight is 642 g/mol. The number of hydrogen-bond acceptors (Lipinski definition) is 7. The number of nitrogens with one attached hydrogen (secondary N) is 6. The number of carbonyl (C=O) groups is 5. The van der Waals surface area contributed by atoms with E-state index in [0.29, 0.717) is 16.8 Å². The number of hydrogen-bond donors (Lipinski definition) is 9. The first-order valence-corrected chi connectivity index (χ1v) is 14.8. The molecule has 0 aliphatic heterocycles. The van der Waals surface area contributed by atoms with Crippen molar-refractivity contribution in [1.82, 2.24) is 35.9 Å². The summed E-state index contributed by atoms with van der Waals surface area (Å²) in [5.41, 5.74) is 14.5. The van der Waals surface area contributed by atoms with Gasteiger partial charge < -0.3 is 47.5 Å². The fourth-order valence-electron chi connectivity index (χ4n) is 5.41. The Bertz CT molecular complexity index is 1900. The van der Waals surface area contributed by atoms with Gasteiger partial charge in [0.15, 0.2) is 0 Å². The van der Waals surface area contributed by atoms with E-state index in [1.165, 1.54) is 12.5 Å². The van der Waals surface area contributed by atoms with Gasteiger partial charge in [0.25, 0.3) is 0 Å². The Labute approximate surface area is 267 Å². The second-order valence-corrected chi connectivity index (χ2v) is 11.2. The Morgan fingerprint density at radius 2 is 1.23 bits per heavy atom. The molecule has 4 atom stereocenters. The van der Waals surface area contributed by atoms with E-state index < -0.39 is 60.2 Å². The van der Waals surface area contributed by atoms with Gasteiger partial charge in [0.1, 0.15) is 18.1 Å². The molecule has 47 heavy (non-hydrogen) atoms. The van der Waals surface area contributed by atoms with Gasteiger partial charge in [0, 0.05) is 65.4 Å². The first kappa shape index (κ1) is 32.4. The second kappa shape index (κ2) is 14.4. The minimum atomic E-state index is -1.32. The van der Waals surface area contributed by atoms with Gasteiger partial charge in [0.05, 0.1) is 18.8 Å². The molecule has 15 nitrogen and oxygen atoms in total. The third kappa shape index (κ3) is 8.01. The molecule has 4 unspecified atom stereocenters. The fraction of sp³-hybridized carbons (Fsp3) is 0.250. The topological polar surface area (TPSA) is 254 Å². The summed E-state index contributed by atoms with van der Waals surface area (Å²) in [6.07, 6.45) is 5.76. The molecule has 11 N–H and O–H groups in total. The molecule has 4 amide bonds. The maximum Gasteiger partial charge on any atom is 0.326 e. The molecule has 15 heteroatoms. The van der Waals surface area contributed by atoms with E-state index in [1.54, 1.807) is 12.4 Å². The SMILES string of the molecule is NC(=O)CC(N)C(=O)NC(Cc1cnc[nH]1)C(=O)NC(Cc1c[nH]c2ccccc12)C(=O)NC(Cc1c[nH]c2ccccc12)C(=O)O. The van der Waals surface area contributed by atoms with Crippen molar-refractivity contribution in [2.75, 3.05) is 0 Å². The molecule has 5 aromatic rings. The van der Waals surface area contributed by atoms with Gasteiger partial charge in [-0.15, -0.1) is 0 Å². The van der Waals surface area contributed by atoms with Gasteiger partial charge in [-0.25, -0.2) is 9.78 Å². The Morgan fingerprint density at radius 1 is 0.723 bits per heavy atom. The number of H-pyrrole nitrogens is 3. The van der Waals surface area contributed by atoms with E-state index in [2.05, 4.69) is 35.9 Å². The van der Waals surface area contributed by atoms with Crippen LogP contribution in [0.3, 0.4) is 0 Å². The van der Waals surface area contributed by atoms with Crippen LogP contribution in [0.2, 0.25) is 0 Å². The highest BCUT2D eigenvalue weighted by Crippen LogP contribution is 2.21. The lowest BCUT2D eigenvalue weighted by atomic mass is 10.0. The van der Waals surface area contributed by atoms with Crippen LogP contribution in [0.15, 0.2) is 73.4 Å². The minimum absolute atomic E-state index is 0.00702. The summed E-state index contributed by atoms with van der Waals surface area (Å²) in [6.45, 7) is 0. The Kier molecular flexibility index (Phi) is 9.96. The van der Waals surface area contributed by atoms with E-state index in [-0.39, 0.29) is 19.3 Å². The molecular weight excluding hydrogens is 606 g/mol. The fourth-order valence-corrected chi connectivity index (χ4v) is 5.41. The lowest BCUT2D eigenvalue weighted by molar-refractivity contribution is -0.142. The lowest BCUT2D eigenvalue weighted by Gasteiger charge is -2.25. The van der Waals surface area contributed by atoms with E-state index in [9.17, 15) is 29.1 Å². The summed E-state index contributed by atoms with van der Waals surface area (Å²) >= 11 is 0. The van der Waals surface area contributed by atoms with Gasteiger partial charge in [0.2, 0.25) is 23.6 Å². The zero-order chi connectivity index (χ0) is 33.5. The van der Waals surface area contributed by atoms with Gasteiger partial charge in [-0.2, -0.15) is 0 Å². The summed E-state index contributed by atoms with van der Waals surface area (Å²) < 4.78 is 0. The standard InChI is InChI=1S/C32H35N9O6/c33-22(12-28(34)42)29(43)39-26(11-19-15-35-16-38-19)31(45)40-25(9-17-13-36-23-7-3-1-5-20(17)23)30(44)41-27(32(46)47)10-18-14-37-24-8-4-2-6-21(18)24/h1-8,13-16,22,25-27,36-37H,9-12,33H2,(H2,34,42)(H,35,38)(H,39,43)(H,40,45)(H,41,44)(H,46,47). The van der Waals surface area contributed by atoms with Crippen LogP contribution in [-0.4, -0.2) is 78.8 Å². The van der Waals surface area contributed by atoms with E-state index in [0.717, 1.165) is 21.8 Å². The summed E-state index contributed by atoms with van der Waals surface area (Å²) in [4.78, 5) is 77.2. The monoisotopic (exact) mass is 641 g/mol. The van der Waals surface area contributed by atoms with Gasteiger partial charge in [-0.3, -0.25) is 19.2 Å². The van der Waals surface area contributed by atoms with Crippen LogP contribution in [-0.2, 0) is 43.2 Å². The van der Waals surface area contributed by atoms with Crippen LogP contribution < -0.4 is 27.4 Å². The highest BCUT2D eigenvalue weighted by Gasteiger charge is 2.32. The van der Waals surface area contributed by atoms with Gasteiger partial charge >= 0.3 is 5.97 Å². The number of aromatic nitrogens is 4. The Hall–Kier alpha value is -5.96. The van der Waals surface area contributed by atoms with E-state index >= 15 is 0 Å². The van der Waals surface area contributed by atoms with Crippen molar-refractivity contribution >= 4 is 51.4 Å². The number of carbonyl (C=O) groups excluding carboxylic acids is 4. The number of carboxylic acid groups (broad SMARTS) is 1. The number of primary amides is 1. The second-order valence-electron chi connectivity index (χ2n) is 11.2. The lowest BCUT2D eigenvalue weighted by Crippen LogP contribution is -2.58. The molecule has 3 heterocycles. The van der Waals surface area contributed by atoms with E-state index in [4.69, 9.17) is 11.5 Å². The van der Waals surface area contributed by atoms with Crippen molar-refractivity contribution in [3.05, 3.63) is 90.3 Å². The highest BCUT2D eigenvalue weighted by molar-refractivity contribution is 5.96. The first-order valence-electron chi connectivity index (χ1n) is 14.8. The zero-order valence-corrected chi connectivity index (χ0v) is 25.2. The summed E-state index contributed by atoms with van der Waals surface area (Å²) in [6, 6.07) is 9.66. The smallest absolute Gasteiger partial charge is 0.326 e. The van der Waals surface area contributed by atoms with Crippen molar-refractivity contribution in [1.29, 1.82) is 0 Å². The summed E-state index contributed by atoms with van der Waals surface area (Å²) in [7, 11) is 0. The average Bonchev–Trinajstić information content (AvgIpc) is 3.80. The molecule has 5 rings (SSSR count). The number of nitrogens with two attached hydrogens (primary N) is 2. The molecule has 0 saturated heterocycles. The highest BCUT2D eigenvalue weighted by atomic mass is 16.4. The first-order chi connectivity index (χ1) is 22.6. The number of fused-ring (bicyclic) bond motifs is 2. The van der Waals surface area contributed by atoms with Crippen molar-refractivity contribution in [3.8, 4) is 0 Å². The van der Waals surface area contributed by atoms with Crippen molar-refractivity contribution in [2.24, 2.45) is 11.5 Å². The number of rotatable bonds is 15. The Balaban J connectivity index is 1.40. The molecule has 0 aliphatic rings. The normalized spacial score (nSPS) is 13.8. The minimum Gasteiger partial charge on any atom is -0.480 e. The third-order valence-electron chi connectivity index (χ3n) is 7.82. The van der Waals surface area contributed by atoms with Crippen LogP contribution in [0.5, 0.6) is 0 Å².